The van der Waals surface area contributed by atoms with Crippen LogP contribution in [0, 0.1) is 17.6 Å². The Morgan fingerprint density at radius 2 is 1.93 bits per heavy atom. The van der Waals surface area contributed by atoms with Gasteiger partial charge in [-0.3, -0.25) is 4.98 Å². The number of hydrogen-bond donors (Lipinski definition) is 2. The SMILES string of the molecule is COC(=O)N[C@@H]1[C@H](N)CN(c2ccncc2Cc2ncc3ccc(-c4c(F)cc(C5(OC)COC5)cc4F)nn23)C[C@@H]1C. The van der Waals surface area contributed by atoms with Crippen molar-refractivity contribution in [2.24, 2.45) is 11.7 Å². The lowest BCUT2D eigenvalue weighted by Crippen LogP contribution is -2.62. The molecule has 2 saturated heterocycles. The number of nitrogens with two attached hydrogens (primary N) is 1. The number of pyridine rings is 1. The molecule has 0 saturated carbocycles. The molecule has 1 aromatic carbocycles. The average Bonchev–Trinajstić information content (AvgIpc) is 3.36. The van der Waals surface area contributed by atoms with Crippen molar-refractivity contribution in [3.63, 3.8) is 0 Å². The van der Waals surface area contributed by atoms with Gasteiger partial charge in [0.1, 0.15) is 23.1 Å². The van der Waals surface area contributed by atoms with Gasteiger partial charge in [-0.1, -0.05) is 6.92 Å². The largest absolute Gasteiger partial charge is 0.453 e. The van der Waals surface area contributed by atoms with E-state index in [9.17, 15) is 4.79 Å². The van der Waals surface area contributed by atoms with Gasteiger partial charge in [-0.05, 0) is 41.8 Å². The van der Waals surface area contributed by atoms with Crippen LogP contribution in [-0.2, 0) is 26.2 Å². The highest BCUT2D eigenvalue weighted by Crippen LogP contribution is 2.37. The Labute approximate surface area is 247 Å². The van der Waals surface area contributed by atoms with Gasteiger partial charge in [0.2, 0.25) is 0 Å². The summed E-state index contributed by atoms with van der Waals surface area (Å²) in [6, 6.07) is 7.23. The highest BCUT2D eigenvalue weighted by Gasteiger charge is 2.42. The number of methoxy groups -OCH3 is 2. The number of imidazole rings is 1. The van der Waals surface area contributed by atoms with Gasteiger partial charge in [-0.25, -0.2) is 23.1 Å². The van der Waals surface area contributed by atoms with Gasteiger partial charge in [0.25, 0.3) is 0 Å². The van der Waals surface area contributed by atoms with Crippen LogP contribution in [0.3, 0.4) is 0 Å². The number of benzene rings is 1. The van der Waals surface area contributed by atoms with Crippen LogP contribution in [0.25, 0.3) is 16.8 Å². The summed E-state index contributed by atoms with van der Waals surface area (Å²) < 4.78 is 47.9. The standard InChI is InChI=1S/C30H33F2N7O4/c1-17-13-38(14-23(33)28(17)36-29(40)41-2)25-6-7-34-11-18(25)8-26-35-12-20-4-5-24(37-39(20)26)27-21(31)9-19(10-22(27)32)30(42-3)15-43-16-30/h4-7,9-12,17,23,28H,8,13-16,33H2,1-3H3,(H,36,40)/t17-,23+,28-/m0/s1. The number of anilines is 1. The van der Waals surface area contributed by atoms with Crippen LogP contribution in [0.15, 0.2) is 48.9 Å². The van der Waals surface area contributed by atoms with Crippen LogP contribution in [0.4, 0.5) is 19.3 Å². The molecule has 2 aliphatic rings. The summed E-state index contributed by atoms with van der Waals surface area (Å²) in [7, 11) is 2.82. The summed E-state index contributed by atoms with van der Waals surface area (Å²) in [6.45, 7) is 3.64. The topological polar surface area (TPSA) is 129 Å². The number of halogens is 2. The van der Waals surface area contributed by atoms with Crippen molar-refractivity contribution >= 4 is 17.3 Å². The molecule has 226 valence electrons. The molecule has 0 unspecified atom stereocenters. The lowest BCUT2D eigenvalue weighted by atomic mass is 9.89. The summed E-state index contributed by atoms with van der Waals surface area (Å²) in [5, 5.41) is 7.44. The van der Waals surface area contributed by atoms with E-state index < -0.39 is 23.3 Å². The Morgan fingerprint density at radius 1 is 1.16 bits per heavy atom. The van der Waals surface area contributed by atoms with Crippen LogP contribution in [0.5, 0.6) is 0 Å². The molecule has 0 aliphatic carbocycles. The zero-order chi connectivity index (χ0) is 30.3. The molecule has 1 amide bonds. The smallest absolute Gasteiger partial charge is 0.407 e. The Kier molecular flexibility index (Phi) is 7.71. The molecule has 0 bridgehead atoms. The third-order valence-electron chi connectivity index (χ3n) is 8.39. The maximum atomic E-state index is 15.4. The number of hydrogen-bond acceptors (Lipinski definition) is 9. The zero-order valence-electron chi connectivity index (χ0n) is 24.1. The summed E-state index contributed by atoms with van der Waals surface area (Å²) in [6.07, 6.45) is 5.00. The Morgan fingerprint density at radius 3 is 2.58 bits per heavy atom. The second-order valence-corrected chi connectivity index (χ2v) is 11.1. The van der Waals surface area contributed by atoms with Crippen LogP contribution in [-0.4, -0.2) is 78.3 Å². The minimum absolute atomic E-state index is 0.0483. The van der Waals surface area contributed by atoms with Crippen LogP contribution < -0.4 is 16.0 Å². The summed E-state index contributed by atoms with van der Waals surface area (Å²) in [5.41, 5.74) is 8.41. The molecule has 13 heteroatoms. The van der Waals surface area contributed by atoms with Crippen molar-refractivity contribution in [3.05, 3.63) is 77.5 Å². The minimum atomic E-state index is -0.856. The fourth-order valence-corrected chi connectivity index (χ4v) is 5.96. The molecule has 0 radical (unpaired) electrons. The van der Waals surface area contributed by atoms with E-state index in [1.165, 1.54) is 26.4 Å². The highest BCUT2D eigenvalue weighted by molar-refractivity contribution is 5.68. The van der Waals surface area contributed by atoms with Gasteiger partial charge in [0, 0.05) is 56.3 Å². The molecule has 2 aliphatic heterocycles. The fourth-order valence-electron chi connectivity index (χ4n) is 5.96. The first-order valence-corrected chi connectivity index (χ1v) is 14.0. The molecule has 5 heterocycles. The van der Waals surface area contributed by atoms with Gasteiger partial charge >= 0.3 is 6.09 Å². The quantitative estimate of drug-likeness (QED) is 0.332. The number of rotatable bonds is 7. The molecule has 4 aromatic rings. The predicted molar refractivity (Wildman–Crippen MR) is 154 cm³/mol. The average molecular weight is 594 g/mol. The maximum absolute atomic E-state index is 15.4. The predicted octanol–water partition coefficient (Wildman–Crippen LogP) is 3.04. The first-order chi connectivity index (χ1) is 20.7. The number of fused-ring (bicyclic) bond motifs is 1. The van der Waals surface area contributed by atoms with Gasteiger partial charge in [-0.15, -0.1) is 0 Å². The lowest BCUT2D eigenvalue weighted by molar-refractivity contribution is -0.202. The second-order valence-electron chi connectivity index (χ2n) is 11.1. The monoisotopic (exact) mass is 593 g/mol. The van der Waals surface area contributed by atoms with E-state index in [0.29, 0.717) is 36.4 Å². The van der Waals surface area contributed by atoms with Crippen molar-refractivity contribution in [3.8, 4) is 11.3 Å². The van der Waals surface area contributed by atoms with E-state index >= 15 is 8.78 Å². The number of carbonyl (C=O) groups excluding carboxylic acids is 1. The molecule has 3 aromatic heterocycles. The molecule has 2 fully saturated rings. The maximum Gasteiger partial charge on any atom is 0.407 e. The van der Waals surface area contributed by atoms with E-state index in [-0.39, 0.29) is 42.5 Å². The molecule has 3 N–H and O–H groups in total. The van der Waals surface area contributed by atoms with E-state index in [1.54, 1.807) is 35.2 Å². The molecule has 11 nitrogen and oxygen atoms in total. The van der Waals surface area contributed by atoms with Crippen LogP contribution >= 0.6 is 0 Å². The third-order valence-corrected chi connectivity index (χ3v) is 8.39. The van der Waals surface area contributed by atoms with E-state index in [2.05, 4.69) is 25.3 Å². The van der Waals surface area contributed by atoms with Gasteiger partial charge in [0.05, 0.1) is 49.3 Å². The summed E-state index contributed by atoms with van der Waals surface area (Å²) in [4.78, 5) is 22.9. The minimum Gasteiger partial charge on any atom is -0.453 e. The number of piperidine rings is 1. The number of nitrogens with one attached hydrogen (secondary N) is 1. The van der Waals surface area contributed by atoms with Crippen LogP contribution in [0.2, 0.25) is 0 Å². The molecular weight excluding hydrogens is 560 g/mol. The van der Waals surface area contributed by atoms with Crippen molar-refractivity contribution in [1.82, 2.24) is 24.9 Å². The number of amides is 1. The Balaban J connectivity index is 1.28. The lowest BCUT2D eigenvalue weighted by Gasteiger charge is -2.42. The van der Waals surface area contributed by atoms with Crippen molar-refractivity contribution in [1.29, 1.82) is 0 Å². The molecule has 0 spiro atoms. The van der Waals surface area contributed by atoms with E-state index in [4.69, 9.17) is 19.9 Å². The second kappa shape index (κ2) is 11.5. The summed E-state index contributed by atoms with van der Waals surface area (Å²) >= 11 is 0. The Bertz CT molecular complexity index is 1620. The number of carbonyl (C=O) groups is 1. The van der Waals surface area contributed by atoms with Gasteiger partial charge in [-0.2, -0.15) is 5.10 Å². The first-order valence-electron chi connectivity index (χ1n) is 14.0. The molecular formula is C30H33F2N7O4. The van der Waals surface area contributed by atoms with Gasteiger partial charge in [0.15, 0.2) is 0 Å². The zero-order valence-corrected chi connectivity index (χ0v) is 24.1. The highest BCUT2D eigenvalue weighted by atomic mass is 19.1. The normalized spacial score (nSPS) is 21.4. The molecule has 6 rings (SSSR count). The number of alkyl carbamates (subject to hydrolysis) is 1. The fraction of sp³-hybridized carbons (Fsp3) is 0.400. The van der Waals surface area contributed by atoms with Crippen LogP contribution in [0.1, 0.15) is 23.9 Å². The number of ether oxygens (including phenoxy) is 3. The summed E-state index contributed by atoms with van der Waals surface area (Å²) in [5.74, 6) is -0.853. The van der Waals surface area contributed by atoms with Crippen molar-refractivity contribution < 1.29 is 27.8 Å². The molecule has 3 atom stereocenters. The van der Waals surface area contributed by atoms with Crippen molar-refractivity contribution in [2.45, 2.75) is 31.0 Å². The molecule has 43 heavy (non-hydrogen) atoms. The van der Waals surface area contributed by atoms with Crippen molar-refractivity contribution in [2.75, 3.05) is 45.4 Å². The van der Waals surface area contributed by atoms with E-state index in [0.717, 1.165) is 11.3 Å². The van der Waals surface area contributed by atoms with E-state index in [1.807, 2.05) is 13.0 Å². The Hall–Kier alpha value is -4.20. The van der Waals surface area contributed by atoms with Gasteiger partial charge < -0.3 is 30.2 Å². The number of nitrogens with zero attached hydrogens (tertiary/aromatic N) is 5. The third kappa shape index (κ3) is 5.28. The first kappa shape index (κ1) is 28.9. The number of aromatic nitrogens is 4.